The van der Waals surface area contributed by atoms with Crippen LogP contribution < -0.4 is 9.47 Å². The molecule has 4 aromatic rings. The summed E-state index contributed by atoms with van der Waals surface area (Å²) in [5.74, 6) is 1.88. The minimum atomic E-state index is -0.120. The number of allylic oxidation sites excluding steroid dienone is 1. The molecule has 1 aliphatic rings. The van der Waals surface area contributed by atoms with E-state index in [1.54, 1.807) is 18.4 Å². The Labute approximate surface area is 185 Å². The lowest BCUT2D eigenvalue weighted by atomic mass is 9.89. The van der Waals surface area contributed by atoms with Crippen LogP contribution in [0.2, 0.25) is 0 Å². The Balaban J connectivity index is 1.62. The zero-order valence-electron chi connectivity index (χ0n) is 16.9. The van der Waals surface area contributed by atoms with Crippen LogP contribution in [0.3, 0.4) is 0 Å². The number of methoxy groups -OCH3 is 1. The third kappa shape index (κ3) is 3.66. The van der Waals surface area contributed by atoms with Gasteiger partial charge in [-0.25, -0.2) is 0 Å². The second kappa shape index (κ2) is 8.25. The molecule has 31 heavy (non-hydrogen) atoms. The molecule has 1 aliphatic carbocycles. The molecule has 0 radical (unpaired) electrons. The summed E-state index contributed by atoms with van der Waals surface area (Å²) in [5.41, 5.74) is 3.48. The van der Waals surface area contributed by atoms with Gasteiger partial charge in [0.05, 0.1) is 12.7 Å². The number of thiophene rings is 1. The summed E-state index contributed by atoms with van der Waals surface area (Å²) in [6, 6.07) is 27.4. The van der Waals surface area contributed by atoms with Crippen molar-refractivity contribution in [2.24, 2.45) is 0 Å². The number of fused-ring (bicyclic) bond motifs is 1. The highest BCUT2D eigenvalue weighted by Gasteiger charge is 2.38. The molecule has 3 aromatic carbocycles. The van der Waals surface area contributed by atoms with Gasteiger partial charge < -0.3 is 9.47 Å². The lowest BCUT2D eigenvalue weighted by Gasteiger charge is -2.14. The molecule has 1 atom stereocenters. The van der Waals surface area contributed by atoms with E-state index in [9.17, 15) is 4.79 Å². The van der Waals surface area contributed by atoms with E-state index in [4.69, 9.17) is 9.47 Å². The molecule has 152 valence electrons. The minimum Gasteiger partial charge on any atom is -0.497 e. The van der Waals surface area contributed by atoms with Gasteiger partial charge in [-0.3, -0.25) is 4.79 Å². The number of Topliss-reactive ketones (excluding diaryl/α,β-unsaturated/α-hetero) is 1. The maximum Gasteiger partial charge on any atom is 0.194 e. The van der Waals surface area contributed by atoms with Gasteiger partial charge in [-0.15, -0.1) is 11.3 Å². The summed E-state index contributed by atoms with van der Waals surface area (Å²) in [6.45, 7) is 0. The van der Waals surface area contributed by atoms with E-state index in [2.05, 4.69) is 12.1 Å². The summed E-state index contributed by atoms with van der Waals surface area (Å²) >= 11 is 1.63. The molecule has 4 heteroatoms. The first-order valence-corrected chi connectivity index (χ1v) is 10.9. The largest absolute Gasteiger partial charge is 0.497 e. The molecule has 0 amide bonds. The van der Waals surface area contributed by atoms with Crippen molar-refractivity contribution in [3.05, 3.63) is 117 Å². The van der Waals surface area contributed by atoms with Gasteiger partial charge in [0.15, 0.2) is 5.78 Å². The van der Waals surface area contributed by atoms with Gasteiger partial charge >= 0.3 is 0 Å². The zero-order chi connectivity index (χ0) is 21.2. The van der Waals surface area contributed by atoms with Gasteiger partial charge in [0, 0.05) is 16.4 Å². The molecule has 1 heterocycles. The summed E-state index contributed by atoms with van der Waals surface area (Å²) in [6.07, 6.45) is 2.02. The molecule has 5 rings (SSSR count). The number of rotatable bonds is 5. The fourth-order valence-electron chi connectivity index (χ4n) is 4.01. The van der Waals surface area contributed by atoms with Crippen LogP contribution >= 0.6 is 11.3 Å². The monoisotopic (exact) mass is 424 g/mol. The van der Waals surface area contributed by atoms with Gasteiger partial charge in [0.25, 0.3) is 0 Å². The Kier molecular flexibility index (Phi) is 5.14. The van der Waals surface area contributed by atoms with Crippen LogP contribution in [0.1, 0.15) is 32.3 Å². The normalized spacial score (nSPS) is 16.4. The topological polar surface area (TPSA) is 35.5 Å². The van der Waals surface area contributed by atoms with Crippen LogP contribution in [-0.4, -0.2) is 12.9 Å². The van der Waals surface area contributed by atoms with Crippen molar-refractivity contribution in [1.29, 1.82) is 0 Å². The fraction of sp³-hybridized carbons (Fsp3) is 0.0741. The van der Waals surface area contributed by atoms with E-state index in [1.807, 2.05) is 84.3 Å². The van der Waals surface area contributed by atoms with E-state index in [1.165, 1.54) is 0 Å². The number of ether oxygens (including phenoxy) is 2. The number of ketones is 1. The third-order valence-corrected chi connectivity index (χ3v) is 6.25. The minimum absolute atomic E-state index is 0.0152. The van der Waals surface area contributed by atoms with Gasteiger partial charge in [-0.2, -0.15) is 0 Å². The second-order valence-corrected chi connectivity index (χ2v) is 8.27. The molecule has 0 bridgehead atoms. The molecule has 0 unspecified atom stereocenters. The lowest BCUT2D eigenvalue weighted by Crippen LogP contribution is -2.02. The maximum absolute atomic E-state index is 13.7. The van der Waals surface area contributed by atoms with Crippen molar-refractivity contribution < 1.29 is 14.3 Å². The molecular weight excluding hydrogens is 404 g/mol. The van der Waals surface area contributed by atoms with Crippen molar-refractivity contribution in [3.63, 3.8) is 0 Å². The van der Waals surface area contributed by atoms with E-state index in [0.717, 1.165) is 27.3 Å². The molecule has 1 aromatic heterocycles. The highest BCUT2D eigenvalue weighted by Crippen LogP contribution is 2.47. The Morgan fingerprint density at radius 1 is 0.839 bits per heavy atom. The number of carbonyl (C=O) groups is 1. The Morgan fingerprint density at radius 3 is 2.32 bits per heavy atom. The fourth-order valence-corrected chi connectivity index (χ4v) is 4.68. The van der Waals surface area contributed by atoms with Crippen molar-refractivity contribution in [2.75, 3.05) is 7.11 Å². The number of benzene rings is 3. The highest BCUT2D eigenvalue weighted by molar-refractivity contribution is 7.10. The van der Waals surface area contributed by atoms with Crippen molar-refractivity contribution in [3.8, 4) is 17.2 Å². The summed E-state index contributed by atoms with van der Waals surface area (Å²) in [5, 5.41) is 2.02. The van der Waals surface area contributed by atoms with Crippen LogP contribution in [0.25, 0.3) is 6.08 Å². The smallest absolute Gasteiger partial charge is 0.194 e. The van der Waals surface area contributed by atoms with Crippen LogP contribution in [0.15, 0.2) is 95.9 Å². The Hall–Kier alpha value is -3.63. The first kappa shape index (κ1) is 19.3. The van der Waals surface area contributed by atoms with Crippen LogP contribution in [0.4, 0.5) is 0 Å². The highest BCUT2D eigenvalue weighted by atomic mass is 32.1. The first-order chi connectivity index (χ1) is 15.2. The second-order valence-electron chi connectivity index (χ2n) is 7.29. The predicted molar refractivity (Wildman–Crippen MR) is 124 cm³/mol. The van der Waals surface area contributed by atoms with Crippen molar-refractivity contribution in [1.82, 2.24) is 0 Å². The molecule has 0 saturated carbocycles. The molecule has 0 saturated heterocycles. The van der Waals surface area contributed by atoms with Gasteiger partial charge in [0.1, 0.15) is 17.2 Å². The molecule has 0 fully saturated rings. The number of hydrogen-bond donors (Lipinski definition) is 0. The van der Waals surface area contributed by atoms with Gasteiger partial charge in [-0.05, 0) is 59.0 Å². The average molecular weight is 425 g/mol. The lowest BCUT2D eigenvalue weighted by molar-refractivity contribution is 0.103. The number of carbonyl (C=O) groups excluding carboxylic acids is 1. The number of hydrogen-bond acceptors (Lipinski definition) is 4. The van der Waals surface area contributed by atoms with E-state index in [0.29, 0.717) is 17.1 Å². The summed E-state index contributed by atoms with van der Waals surface area (Å²) in [7, 11) is 1.63. The summed E-state index contributed by atoms with van der Waals surface area (Å²) in [4.78, 5) is 14.7. The Morgan fingerprint density at radius 2 is 1.61 bits per heavy atom. The SMILES string of the molecule is COc1ccc(Oc2cccc3c2C(=O)/C(=C\c2cccs2)[C@@H]3c2ccccc2)cc1. The van der Waals surface area contributed by atoms with E-state index in [-0.39, 0.29) is 11.7 Å². The van der Waals surface area contributed by atoms with Gasteiger partial charge in [0.2, 0.25) is 0 Å². The van der Waals surface area contributed by atoms with Crippen molar-refractivity contribution >= 4 is 23.2 Å². The molecule has 3 nitrogen and oxygen atoms in total. The Bertz CT molecular complexity index is 1240. The first-order valence-electron chi connectivity index (χ1n) is 10.0. The molecule has 0 aliphatic heterocycles. The molecular formula is C27H20O3S. The van der Waals surface area contributed by atoms with Crippen LogP contribution in [0, 0.1) is 0 Å². The maximum atomic E-state index is 13.7. The summed E-state index contributed by atoms with van der Waals surface area (Å²) < 4.78 is 11.4. The van der Waals surface area contributed by atoms with Crippen molar-refractivity contribution in [2.45, 2.75) is 5.92 Å². The predicted octanol–water partition coefficient (Wildman–Crippen LogP) is 6.96. The third-order valence-electron chi connectivity index (χ3n) is 5.43. The molecule has 0 N–H and O–H groups in total. The van der Waals surface area contributed by atoms with Gasteiger partial charge in [-0.1, -0.05) is 48.5 Å². The van der Waals surface area contributed by atoms with E-state index < -0.39 is 0 Å². The average Bonchev–Trinajstić information content (AvgIpc) is 3.42. The van der Waals surface area contributed by atoms with E-state index >= 15 is 0 Å². The standard InChI is InChI=1S/C27H20O3S/c1-29-19-12-14-20(15-13-19)30-24-11-5-10-22-25(18-7-3-2-4-8-18)23(27(28)26(22)24)17-21-9-6-16-31-21/h2-17,25H,1H3/b23-17-/t25-/m1/s1. The zero-order valence-corrected chi connectivity index (χ0v) is 17.8. The van der Waals surface area contributed by atoms with Crippen LogP contribution in [0.5, 0.6) is 17.2 Å². The quantitative estimate of drug-likeness (QED) is 0.325. The van der Waals surface area contributed by atoms with Crippen LogP contribution in [-0.2, 0) is 0 Å². The molecule has 0 spiro atoms.